The molecular weight excluding hydrogens is 340 g/mol. The second-order valence-electron chi connectivity index (χ2n) is 7.27. The van der Waals surface area contributed by atoms with E-state index in [0.717, 1.165) is 30.5 Å². The van der Waals surface area contributed by atoms with Crippen molar-refractivity contribution < 1.29 is 14.4 Å². The normalized spacial score (nSPS) is 24.6. The number of carbonyl (C=O) groups excluding carboxylic acids is 2. The lowest BCUT2D eigenvalue weighted by Gasteiger charge is -2.28. The number of hydrogen-bond acceptors (Lipinski definition) is 4. The minimum atomic E-state index is -0.750. The average molecular weight is 364 g/mol. The van der Waals surface area contributed by atoms with E-state index < -0.39 is 12.0 Å². The fourth-order valence-corrected chi connectivity index (χ4v) is 4.05. The van der Waals surface area contributed by atoms with E-state index in [9.17, 15) is 9.59 Å². The summed E-state index contributed by atoms with van der Waals surface area (Å²) in [7, 11) is 0. The molecule has 2 aliphatic rings. The van der Waals surface area contributed by atoms with E-state index in [1.807, 2.05) is 55.5 Å². The number of unbranched alkanes of at least 4 members (excludes halogenated alkanes) is 1. The second-order valence-corrected chi connectivity index (χ2v) is 7.27. The summed E-state index contributed by atoms with van der Waals surface area (Å²) in [6.45, 7) is 4.08. The zero-order valence-electron chi connectivity index (χ0n) is 15.7. The summed E-state index contributed by atoms with van der Waals surface area (Å²) < 4.78 is 0. The van der Waals surface area contributed by atoms with E-state index in [-0.39, 0.29) is 17.9 Å². The van der Waals surface area contributed by atoms with Crippen LogP contribution in [0.5, 0.6) is 0 Å². The Morgan fingerprint density at radius 2 is 1.70 bits per heavy atom. The van der Waals surface area contributed by atoms with Crippen LogP contribution >= 0.6 is 0 Å². The molecule has 0 saturated carbocycles. The molecule has 4 rings (SSSR count). The van der Waals surface area contributed by atoms with Gasteiger partial charge in [0, 0.05) is 0 Å². The monoisotopic (exact) mass is 364 g/mol. The molecule has 2 aromatic carbocycles. The number of benzene rings is 2. The van der Waals surface area contributed by atoms with Gasteiger partial charge in [0.25, 0.3) is 5.91 Å². The SMILES string of the molecule is CCCC[C@H]1[C@H]2C(=O)N(c3cccc(C)c3)C(=O)[C@H]2ON1c1ccccc1. The van der Waals surface area contributed by atoms with Crippen LogP contribution in [0.3, 0.4) is 0 Å². The Hall–Kier alpha value is -2.66. The van der Waals surface area contributed by atoms with Gasteiger partial charge in [0.2, 0.25) is 5.91 Å². The van der Waals surface area contributed by atoms with E-state index in [4.69, 9.17) is 4.84 Å². The minimum Gasteiger partial charge on any atom is -0.273 e. The van der Waals surface area contributed by atoms with Gasteiger partial charge < -0.3 is 0 Å². The molecule has 5 nitrogen and oxygen atoms in total. The molecular formula is C22H24N2O3. The summed E-state index contributed by atoms with van der Waals surface area (Å²) in [4.78, 5) is 33.7. The number of hydrogen-bond donors (Lipinski definition) is 0. The fourth-order valence-electron chi connectivity index (χ4n) is 4.05. The molecule has 0 aliphatic carbocycles. The number of imide groups is 1. The lowest BCUT2D eigenvalue weighted by Crippen LogP contribution is -2.40. The van der Waals surface area contributed by atoms with Gasteiger partial charge in [0.1, 0.15) is 0 Å². The van der Waals surface area contributed by atoms with Crippen LogP contribution in [0.25, 0.3) is 0 Å². The number of amides is 2. The largest absolute Gasteiger partial charge is 0.273 e. The van der Waals surface area contributed by atoms with Crippen LogP contribution in [0.2, 0.25) is 0 Å². The molecule has 27 heavy (non-hydrogen) atoms. The van der Waals surface area contributed by atoms with Gasteiger partial charge in [-0.3, -0.25) is 14.4 Å². The van der Waals surface area contributed by atoms with Crippen LogP contribution in [0.15, 0.2) is 54.6 Å². The predicted octanol–water partition coefficient (Wildman–Crippen LogP) is 3.86. The second kappa shape index (κ2) is 7.16. The number of rotatable bonds is 5. The van der Waals surface area contributed by atoms with Crippen LogP contribution in [-0.2, 0) is 14.4 Å². The summed E-state index contributed by atoms with van der Waals surface area (Å²) >= 11 is 0. The third-order valence-electron chi connectivity index (χ3n) is 5.36. The number of nitrogens with zero attached hydrogens (tertiary/aromatic N) is 2. The molecule has 2 saturated heterocycles. The van der Waals surface area contributed by atoms with Gasteiger partial charge in [-0.1, -0.05) is 50.1 Å². The molecule has 3 atom stereocenters. The van der Waals surface area contributed by atoms with E-state index >= 15 is 0 Å². The Bertz CT molecular complexity index is 852. The van der Waals surface area contributed by atoms with Crippen molar-refractivity contribution in [3.8, 4) is 0 Å². The lowest BCUT2D eigenvalue weighted by atomic mass is 9.92. The molecule has 5 heteroatoms. The zero-order chi connectivity index (χ0) is 19.0. The van der Waals surface area contributed by atoms with Crippen LogP contribution in [0.4, 0.5) is 11.4 Å². The molecule has 0 unspecified atom stereocenters. The van der Waals surface area contributed by atoms with Crippen molar-refractivity contribution in [1.29, 1.82) is 0 Å². The number of hydroxylamine groups is 1. The third-order valence-corrected chi connectivity index (χ3v) is 5.36. The number of carbonyl (C=O) groups is 2. The van der Waals surface area contributed by atoms with Gasteiger partial charge in [-0.2, -0.15) is 0 Å². The number of fused-ring (bicyclic) bond motifs is 1. The van der Waals surface area contributed by atoms with Gasteiger partial charge >= 0.3 is 0 Å². The number of aryl methyl sites for hydroxylation is 1. The van der Waals surface area contributed by atoms with E-state index in [2.05, 4.69) is 6.92 Å². The summed E-state index contributed by atoms with van der Waals surface area (Å²) in [5, 5.41) is 1.79. The van der Waals surface area contributed by atoms with Crippen molar-refractivity contribution in [3.05, 3.63) is 60.2 Å². The number of anilines is 2. The van der Waals surface area contributed by atoms with Crippen molar-refractivity contribution in [2.45, 2.75) is 45.3 Å². The maximum absolute atomic E-state index is 13.3. The highest BCUT2D eigenvalue weighted by atomic mass is 16.7. The molecule has 0 N–H and O–H groups in total. The van der Waals surface area contributed by atoms with Gasteiger partial charge in [-0.25, -0.2) is 9.96 Å². The molecule has 2 aromatic rings. The van der Waals surface area contributed by atoms with Gasteiger partial charge in [0.15, 0.2) is 6.10 Å². The van der Waals surface area contributed by atoms with E-state index in [0.29, 0.717) is 5.69 Å². The highest BCUT2D eigenvalue weighted by molar-refractivity contribution is 6.23. The Labute approximate surface area is 159 Å². The predicted molar refractivity (Wildman–Crippen MR) is 104 cm³/mol. The van der Waals surface area contributed by atoms with Gasteiger partial charge in [-0.05, 0) is 43.2 Å². The summed E-state index contributed by atoms with van der Waals surface area (Å²) in [5.41, 5.74) is 2.53. The zero-order valence-corrected chi connectivity index (χ0v) is 15.7. The van der Waals surface area contributed by atoms with Crippen molar-refractivity contribution >= 4 is 23.2 Å². The molecule has 2 fully saturated rings. The van der Waals surface area contributed by atoms with Crippen molar-refractivity contribution in [2.24, 2.45) is 5.92 Å². The highest BCUT2D eigenvalue weighted by Crippen LogP contribution is 2.41. The van der Waals surface area contributed by atoms with Gasteiger partial charge in [0.05, 0.1) is 23.3 Å². The molecule has 2 amide bonds. The van der Waals surface area contributed by atoms with E-state index in [1.165, 1.54) is 4.90 Å². The molecule has 0 aromatic heterocycles. The summed E-state index contributed by atoms with van der Waals surface area (Å²) in [6, 6.07) is 17.1. The number of para-hydroxylation sites is 1. The van der Waals surface area contributed by atoms with Crippen molar-refractivity contribution in [2.75, 3.05) is 9.96 Å². The topological polar surface area (TPSA) is 49.9 Å². The van der Waals surface area contributed by atoms with Crippen LogP contribution < -0.4 is 9.96 Å². The minimum absolute atomic E-state index is 0.136. The Morgan fingerprint density at radius 1 is 0.963 bits per heavy atom. The maximum Gasteiger partial charge on any atom is 0.266 e. The Morgan fingerprint density at radius 3 is 2.41 bits per heavy atom. The highest BCUT2D eigenvalue weighted by Gasteiger charge is 2.59. The van der Waals surface area contributed by atoms with Crippen LogP contribution in [0.1, 0.15) is 31.7 Å². The molecule has 0 radical (unpaired) electrons. The Kier molecular flexibility index (Phi) is 4.70. The first-order valence-corrected chi connectivity index (χ1v) is 9.57. The van der Waals surface area contributed by atoms with Crippen LogP contribution in [-0.4, -0.2) is 24.0 Å². The molecule has 2 heterocycles. The quantitative estimate of drug-likeness (QED) is 0.756. The fraction of sp³-hybridized carbons (Fsp3) is 0.364. The summed E-state index contributed by atoms with van der Waals surface area (Å²) in [6.07, 6.45) is 2.07. The molecule has 140 valence electrons. The molecule has 0 spiro atoms. The van der Waals surface area contributed by atoms with Crippen molar-refractivity contribution in [1.82, 2.24) is 0 Å². The first-order valence-electron chi connectivity index (χ1n) is 9.57. The van der Waals surface area contributed by atoms with Crippen molar-refractivity contribution in [3.63, 3.8) is 0 Å². The lowest BCUT2D eigenvalue weighted by molar-refractivity contribution is -0.126. The average Bonchev–Trinajstić information content (AvgIpc) is 3.17. The first-order chi connectivity index (χ1) is 13.1. The Balaban J connectivity index is 1.68. The first kappa shape index (κ1) is 17.7. The maximum atomic E-state index is 13.3. The third kappa shape index (κ3) is 3.02. The van der Waals surface area contributed by atoms with Crippen LogP contribution in [0, 0.1) is 12.8 Å². The van der Waals surface area contributed by atoms with Gasteiger partial charge in [-0.15, -0.1) is 0 Å². The summed E-state index contributed by atoms with van der Waals surface area (Å²) in [5.74, 6) is -0.893. The molecule has 2 aliphatic heterocycles. The van der Waals surface area contributed by atoms with E-state index in [1.54, 1.807) is 11.1 Å². The smallest absolute Gasteiger partial charge is 0.266 e. The standard InChI is InChI=1S/C22H24N2O3/c1-3-4-13-18-19-20(27-24(18)16-10-6-5-7-11-16)22(26)23(21(19)25)17-12-8-9-15(2)14-17/h5-12,14,18-20H,3-4,13H2,1-2H3/t18-,19+,20-/m0/s1. The molecule has 0 bridgehead atoms.